The van der Waals surface area contributed by atoms with Gasteiger partial charge in [0.05, 0.1) is 33.5 Å². The zero-order valence-corrected chi connectivity index (χ0v) is 16.0. The Bertz CT molecular complexity index is 1480. The van der Waals surface area contributed by atoms with Crippen molar-refractivity contribution in [2.75, 3.05) is 0 Å². The summed E-state index contributed by atoms with van der Waals surface area (Å²) in [6.45, 7) is 0. The van der Waals surface area contributed by atoms with E-state index < -0.39 is 0 Å². The summed E-state index contributed by atoms with van der Waals surface area (Å²) >= 11 is 0. The van der Waals surface area contributed by atoms with Gasteiger partial charge in [0.1, 0.15) is 0 Å². The standard InChI is InChI=1S/C26H16N4/c1-3-17-5-7-19-9-11-21(29-25(19)23(17)27-15-1)13-14-22-12-10-20-8-6-18-4-2-16-28-24(18)26(20)30-22/h1-16H. The highest BCUT2D eigenvalue weighted by Crippen LogP contribution is 2.24. The maximum absolute atomic E-state index is 4.84. The van der Waals surface area contributed by atoms with Gasteiger partial charge in [-0.15, -0.1) is 0 Å². The summed E-state index contributed by atoms with van der Waals surface area (Å²) < 4.78 is 0. The lowest BCUT2D eigenvalue weighted by atomic mass is 10.1. The van der Waals surface area contributed by atoms with Crippen molar-refractivity contribution in [3.05, 3.63) is 96.6 Å². The van der Waals surface area contributed by atoms with Crippen LogP contribution in [-0.2, 0) is 0 Å². The van der Waals surface area contributed by atoms with E-state index >= 15 is 0 Å². The molecule has 6 rings (SSSR count). The van der Waals surface area contributed by atoms with Crippen LogP contribution in [0.1, 0.15) is 11.4 Å². The van der Waals surface area contributed by atoms with E-state index in [2.05, 4.69) is 58.5 Å². The number of hydrogen-bond acceptors (Lipinski definition) is 4. The van der Waals surface area contributed by atoms with E-state index in [4.69, 9.17) is 9.97 Å². The van der Waals surface area contributed by atoms with Crippen LogP contribution >= 0.6 is 0 Å². The second-order valence-corrected chi connectivity index (χ2v) is 7.23. The van der Waals surface area contributed by atoms with E-state index in [-0.39, 0.29) is 0 Å². The van der Waals surface area contributed by atoms with E-state index in [0.717, 1.165) is 55.0 Å². The summed E-state index contributed by atoms with van der Waals surface area (Å²) in [6.07, 6.45) is 7.61. The molecule has 0 amide bonds. The molecule has 2 aromatic carbocycles. The van der Waals surface area contributed by atoms with E-state index in [1.807, 2.05) is 48.8 Å². The van der Waals surface area contributed by atoms with Crippen molar-refractivity contribution < 1.29 is 0 Å². The summed E-state index contributed by atoms with van der Waals surface area (Å²) in [4.78, 5) is 18.7. The van der Waals surface area contributed by atoms with Crippen LogP contribution < -0.4 is 0 Å². The van der Waals surface area contributed by atoms with Gasteiger partial charge in [0.15, 0.2) is 0 Å². The molecular formula is C26H16N4. The van der Waals surface area contributed by atoms with E-state index in [9.17, 15) is 0 Å². The molecule has 6 aromatic rings. The third-order valence-electron chi connectivity index (χ3n) is 5.33. The Kier molecular flexibility index (Phi) is 3.74. The Balaban J connectivity index is 1.44. The quantitative estimate of drug-likeness (QED) is 0.341. The van der Waals surface area contributed by atoms with Gasteiger partial charge in [-0.2, -0.15) is 0 Å². The summed E-state index contributed by atoms with van der Waals surface area (Å²) in [5.41, 5.74) is 5.42. The van der Waals surface area contributed by atoms with Gasteiger partial charge >= 0.3 is 0 Å². The maximum atomic E-state index is 4.84. The largest absolute Gasteiger partial charge is 0.254 e. The molecule has 0 aliphatic heterocycles. The number of pyridine rings is 4. The Labute approximate surface area is 172 Å². The molecule has 0 bridgehead atoms. The molecule has 4 heterocycles. The fourth-order valence-corrected chi connectivity index (χ4v) is 3.83. The lowest BCUT2D eigenvalue weighted by Gasteiger charge is -2.04. The van der Waals surface area contributed by atoms with E-state index in [1.165, 1.54) is 0 Å². The van der Waals surface area contributed by atoms with E-state index in [0.29, 0.717) is 0 Å². The van der Waals surface area contributed by atoms with Gasteiger partial charge in [0, 0.05) is 33.9 Å². The van der Waals surface area contributed by atoms with Crippen LogP contribution in [-0.4, -0.2) is 19.9 Å². The van der Waals surface area contributed by atoms with Crippen molar-refractivity contribution in [1.82, 2.24) is 19.9 Å². The molecule has 0 N–H and O–H groups in total. The lowest BCUT2D eigenvalue weighted by Crippen LogP contribution is -1.89. The summed E-state index contributed by atoms with van der Waals surface area (Å²) in [6, 6.07) is 24.6. The Hall–Kier alpha value is -4.18. The minimum atomic E-state index is 0.874. The van der Waals surface area contributed by atoms with Gasteiger partial charge in [-0.1, -0.05) is 48.5 Å². The number of benzene rings is 2. The van der Waals surface area contributed by atoms with Crippen molar-refractivity contribution in [3.63, 3.8) is 0 Å². The van der Waals surface area contributed by atoms with Gasteiger partial charge in [-0.3, -0.25) is 9.97 Å². The normalized spacial score (nSPS) is 11.9. The Morgan fingerprint density at radius 1 is 0.433 bits per heavy atom. The highest BCUT2D eigenvalue weighted by Gasteiger charge is 2.05. The predicted molar refractivity (Wildman–Crippen MR) is 123 cm³/mol. The van der Waals surface area contributed by atoms with E-state index in [1.54, 1.807) is 0 Å². The second-order valence-electron chi connectivity index (χ2n) is 7.23. The number of fused-ring (bicyclic) bond motifs is 6. The average Bonchev–Trinajstić information content (AvgIpc) is 2.82. The molecule has 4 aromatic heterocycles. The van der Waals surface area contributed by atoms with Gasteiger partial charge < -0.3 is 0 Å². The zero-order chi connectivity index (χ0) is 19.9. The summed E-state index contributed by atoms with van der Waals surface area (Å²) in [5, 5.41) is 4.35. The first kappa shape index (κ1) is 16.7. The molecule has 0 saturated carbocycles. The summed E-state index contributed by atoms with van der Waals surface area (Å²) in [7, 11) is 0. The van der Waals surface area contributed by atoms with Crippen LogP contribution in [0.15, 0.2) is 85.2 Å². The highest BCUT2D eigenvalue weighted by molar-refractivity contribution is 6.04. The van der Waals surface area contributed by atoms with Crippen LogP contribution in [0.4, 0.5) is 0 Å². The molecule has 140 valence electrons. The monoisotopic (exact) mass is 384 g/mol. The smallest absolute Gasteiger partial charge is 0.0971 e. The van der Waals surface area contributed by atoms with Crippen molar-refractivity contribution in [2.45, 2.75) is 0 Å². The molecule has 0 radical (unpaired) electrons. The number of nitrogens with zero attached hydrogens (tertiary/aromatic N) is 4. The predicted octanol–water partition coefficient (Wildman–Crippen LogP) is 6.05. The number of rotatable bonds is 2. The van der Waals surface area contributed by atoms with Gasteiger partial charge in [-0.05, 0) is 36.4 Å². The minimum absolute atomic E-state index is 0.874. The fraction of sp³-hybridized carbons (Fsp3) is 0. The zero-order valence-electron chi connectivity index (χ0n) is 16.0. The summed E-state index contributed by atoms with van der Waals surface area (Å²) in [5.74, 6) is 0. The van der Waals surface area contributed by atoms with Crippen molar-refractivity contribution >= 4 is 55.8 Å². The molecule has 0 saturated heterocycles. The van der Waals surface area contributed by atoms with Crippen molar-refractivity contribution in [2.24, 2.45) is 0 Å². The molecule has 4 heteroatoms. The van der Waals surface area contributed by atoms with Gasteiger partial charge in [0.2, 0.25) is 0 Å². The van der Waals surface area contributed by atoms with Crippen LogP contribution in [0.3, 0.4) is 0 Å². The fourth-order valence-electron chi connectivity index (χ4n) is 3.83. The number of hydrogen-bond donors (Lipinski definition) is 0. The van der Waals surface area contributed by atoms with Crippen LogP contribution in [0, 0.1) is 0 Å². The van der Waals surface area contributed by atoms with Crippen molar-refractivity contribution in [1.29, 1.82) is 0 Å². The minimum Gasteiger partial charge on any atom is -0.254 e. The first-order valence-corrected chi connectivity index (χ1v) is 9.82. The average molecular weight is 384 g/mol. The van der Waals surface area contributed by atoms with Crippen LogP contribution in [0.5, 0.6) is 0 Å². The first-order chi connectivity index (χ1) is 14.8. The molecule has 0 atom stereocenters. The third kappa shape index (κ3) is 2.78. The Morgan fingerprint density at radius 2 is 0.833 bits per heavy atom. The first-order valence-electron chi connectivity index (χ1n) is 9.82. The van der Waals surface area contributed by atoms with Crippen LogP contribution in [0.2, 0.25) is 0 Å². The molecule has 0 aliphatic carbocycles. The second kappa shape index (κ2) is 6.71. The van der Waals surface area contributed by atoms with Crippen LogP contribution in [0.25, 0.3) is 55.8 Å². The molecule has 4 nitrogen and oxygen atoms in total. The topological polar surface area (TPSA) is 51.6 Å². The van der Waals surface area contributed by atoms with Crippen molar-refractivity contribution in [3.8, 4) is 0 Å². The molecule has 0 aliphatic rings. The molecule has 0 spiro atoms. The SMILES string of the molecule is C(=Cc1ccc2ccc3cccnc3c2n1)c1ccc2ccc3cccnc3c2n1. The number of aromatic nitrogens is 4. The Morgan fingerprint density at radius 3 is 1.30 bits per heavy atom. The molecule has 0 fully saturated rings. The van der Waals surface area contributed by atoms with Gasteiger partial charge in [0.25, 0.3) is 0 Å². The molecule has 0 unspecified atom stereocenters. The third-order valence-corrected chi connectivity index (χ3v) is 5.33. The lowest BCUT2D eigenvalue weighted by molar-refractivity contribution is 1.34. The molecular weight excluding hydrogens is 368 g/mol. The maximum Gasteiger partial charge on any atom is 0.0971 e. The van der Waals surface area contributed by atoms with Gasteiger partial charge in [-0.25, -0.2) is 9.97 Å². The molecule has 30 heavy (non-hydrogen) atoms. The highest BCUT2D eigenvalue weighted by atomic mass is 14.8.